The van der Waals surface area contributed by atoms with Gasteiger partial charge in [-0.15, -0.1) is 0 Å². The maximum atomic E-state index is 12.3. The summed E-state index contributed by atoms with van der Waals surface area (Å²) in [6.07, 6.45) is -2.53. The summed E-state index contributed by atoms with van der Waals surface area (Å²) in [5, 5.41) is 0. The van der Waals surface area contributed by atoms with E-state index < -0.39 is 11.7 Å². The molecular weight excluding hydrogens is 215 g/mol. The van der Waals surface area contributed by atoms with E-state index in [1.54, 1.807) is 0 Å². The second kappa shape index (κ2) is 3.48. The van der Waals surface area contributed by atoms with Crippen LogP contribution in [0.4, 0.5) is 13.2 Å². The second-order valence-corrected chi connectivity index (χ2v) is 4.46. The van der Waals surface area contributed by atoms with Crippen molar-refractivity contribution in [3.05, 3.63) is 35.4 Å². The molecule has 0 amide bonds. The molecule has 1 aliphatic rings. The summed E-state index contributed by atoms with van der Waals surface area (Å²) < 4.78 is 37.0. The highest BCUT2D eigenvalue weighted by molar-refractivity contribution is 5.35. The zero-order valence-electron chi connectivity index (χ0n) is 9.01. The average Bonchev–Trinajstić information content (AvgIpc) is 2.91. The van der Waals surface area contributed by atoms with Crippen molar-refractivity contribution in [1.82, 2.24) is 0 Å². The van der Waals surface area contributed by atoms with Crippen molar-refractivity contribution in [2.75, 3.05) is 0 Å². The van der Waals surface area contributed by atoms with E-state index >= 15 is 0 Å². The first-order valence-electron chi connectivity index (χ1n) is 5.33. The predicted octanol–water partition coefficient (Wildman–Crippen LogP) is 3.30. The van der Waals surface area contributed by atoms with E-state index in [-0.39, 0.29) is 11.5 Å². The summed E-state index contributed by atoms with van der Waals surface area (Å²) in [6, 6.07) is 5.34. The molecule has 1 saturated carbocycles. The van der Waals surface area contributed by atoms with E-state index in [1.807, 2.05) is 6.92 Å². The van der Waals surface area contributed by atoms with E-state index in [0.29, 0.717) is 0 Å². The highest BCUT2D eigenvalue weighted by atomic mass is 19.4. The minimum absolute atomic E-state index is 0.195. The molecule has 0 aromatic heterocycles. The van der Waals surface area contributed by atoms with Gasteiger partial charge in [0.2, 0.25) is 0 Å². The van der Waals surface area contributed by atoms with Gasteiger partial charge in [0.05, 0.1) is 5.56 Å². The Labute approximate surface area is 92.5 Å². The van der Waals surface area contributed by atoms with E-state index in [2.05, 4.69) is 0 Å². The molecule has 0 aliphatic heterocycles. The third-order valence-corrected chi connectivity index (χ3v) is 3.42. The SMILES string of the molecule is CC[C@@]1(N)C[C@@H]1c1ccc(C(F)(F)F)cc1. The van der Waals surface area contributed by atoms with Gasteiger partial charge < -0.3 is 5.73 Å². The van der Waals surface area contributed by atoms with E-state index in [9.17, 15) is 13.2 Å². The molecule has 2 rings (SSSR count). The lowest BCUT2D eigenvalue weighted by molar-refractivity contribution is -0.137. The number of alkyl halides is 3. The van der Waals surface area contributed by atoms with Gasteiger partial charge in [0.1, 0.15) is 0 Å². The van der Waals surface area contributed by atoms with Crippen LogP contribution in [0.5, 0.6) is 0 Å². The van der Waals surface area contributed by atoms with Crippen molar-refractivity contribution in [3.63, 3.8) is 0 Å². The van der Waals surface area contributed by atoms with Crippen LogP contribution >= 0.6 is 0 Å². The number of halogens is 3. The van der Waals surface area contributed by atoms with Crippen LogP contribution in [0.25, 0.3) is 0 Å². The fourth-order valence-corrected chi connectivity index (χ4v) is 2.07. The Kier molecular flexibility index (Phi) is 2.49. The monoisotopic (exact) mass is 229 g/mol. The molecule has 1 fully saturated rings. The maximum Gasteiger partial charge on any atom is 0.416 e. The standard InChI is InChI=1S/C12H14F3N/c1-2-11(16)7-10(11)8-3-5-9(6-4-8)12(13,14)15/h3-6,10H,2,7,16H2,1H3/t10-,11-/m1/s1. The molecule has 0 heterocycles. The fraction of sp³-hybridized carbons (Fsp3) is 0.500. The zero-order valence-corrected chi connectivity index (χ0v) is 9.01. The lowest BCUT2D eigenvalue weighted by Crippen LogP contribution is -2.22. The molecule has 0 saturated heterocycles. The minimum Gasteiger partial charge on any atom is -0.325 e. The first kappa shape index (κ1) is 11.5. The largest absolute Gasteiger partial charge is 0.416 e. The first-order valence-corrected chi connectivity index (χ1v) is 5.33. The summed E-state index contributed by atoms with van der Waals surface area (Å²) in [5.41, 5.74) is 6.14. The lowest BCUT2D eigenvalue weighted by atomic mass is 10.0. The Morgan fingerprint density at radius 1 is 1.31 bits per heavy atom. The van der Waals surface area contributed by atoms with Crippen LogP contribution in [0.2, 0.25) is 0 Å². The molecule has 0 bridgehead atoms. The Bertz CT molecular complexity index is 382. The number of benzene rings is 1. The van der Waals surface area contributed by atoms with Crippen molar-refractivity contribution in [3.8, 4) is 0 Å². The summed E-state index contributed by atoms with van der Waals surface area (Å²) in [5.74, 6) is 0.222. The van der Waals surface area contributed by atoms with E-state index in [0.717, 1.165) is 30.5 Å². The van der Waals surface area contributed by atoms with Crippen molar-refractivity contribution in [2.45, 2.75) is 37.4 Å². The zero-order chi connectivity index (χ0) is 12.0. The smallest absolute Gasteiger partial charge is 0.325 e. The first-order chi connectivity index (χ1) is 7.37. The third-order valence-electron chi connectivity index (χ3n) is 3.42. The number of hydrogen-bond donors (Lipinski definition) is 1. The van der Waals surface area contributed by atoms with Crippen molar-refractivity contribution < 1.29 is 13.2 Å². The van der Waals surface area contributed by atoms with Crippen molar-refractivity contribution in [2.24, 2.45) is 5.73 Å². The van der Waals surface area contributed by atoms with Crippen LogP contribution < -0.4 is 5.73 Å². The molecular formula is C12H14F3N. The Morgan fingerprint density at radius 2 is 1.88 bits per heavy atom. The van der Waals surface area contributed by atoms with Gasteiger partial charge in [-0.25, -0.2) is 0 Å². The molecule has 16 heavy (non-hydrogen) atoms. The minimum atomic E-state index is -4.26. The summed E-state index contributed by atoms with van der Waals surface area (Å²) >= 11 is 0. The van der Waals surface area contributed by atoms with Crippen LogP contribution in [0.3, 0.4) is 0 Å². The van der Waals surface area contributed by atoms with Crippen molar-refractivity contribution in [1.29, 1.82) is 0 Å². The predicted molar refractivity (Wildman–Crippen MR) is 56.0 cm³/mol. The summed E-state index contributed by atoms with van der Waals surface area (Å²) in [6.45, 7) is 2.00. The quantitative estimate of drug-likeness (QED) is 0.827. The summed E-state index contributed by atoms with van der Waals surface area (Å²) in [4.78, 5) is 0. The Hall–Kier alpha value is -1.03. The molecule has 0 radical (unpaired) electrons. The topological polar surface area (TPSA) is 26.0 Å². The van der Waals surface area contributed by atoms with E-state index in [1.165, 1.54) is 12.1 Å². The van der Waals surface area contributed by atoms with Crippen LogP contribution in [0.1, 0.15) is 36.8 Å². The van der Waals surface area contributed by atoms with Crippen LogP contribution in [0, 0.1) is 0 Å². The maximum absolute atomic E-state index is 12.3. The number of nitrogens with two attached hydrogens (primary N) is 1. The molecule has 1 aliphatic carbocycles. The molecule has 88 valence electrons. The van der Waals surface area contributed by atoms with Gasteiger partial charge in [0, 0.05) is 11.5 Å². The molecule has 1 nitrogen and oxygen atoms in total. The van der Waals surface area contributed by atoms with Gasteiger partial charge in [0.25, 0.3) is 0 Å². The molecule has 4 heteroatoms. The van der Waals surface area contributed by atoms with Gasteiger partial charge in [-0.1, -0.05) is 19.1 Å². The fourth-order valence-electron chi connectivity index (χ4n) is 2.07. The van der Waals surface area contributed by atoms with Gasteiger partial charge in [-0.3, -0.25) is 0 Å². The molecule has 2 N–H and O–H groups in total. The van der Waals surface area contributed by atoms with E-state index in [4.69, 9.17) is 5.73 Å². The third kappa shape index (κ3) is 1.94. The molecule has 1 aromatic carbocycles. The molecule has 0 unspecified atom stereocenters. The van der Waals surface area contributed by atoms with Gasteiger partial charge in [-0.2, -0.15) is 13.2 Å². The van der Waals surface area contributed by atoms with Crippen LogP contribution in [-0.4, -0.2) is 5.54 Å². The molecule has 2 atom stereocenters. The Morgan fingerprint density at radius 3 is 2.25 bits per heavy atom. The normalized spacial score (nSPS) is 29.2. The van der Waals surface area contributed by atoms with Crippen molar-refractivity contribution >= 4 is 0 Å². The number of rotatable bonds is 2. The average molecular weight is 229 g/mol. The molecule has 0 spiro atoms. The number of hydrogen-bond acceptors (Lipinski definition) is 1. The molecule has 1 aromatic rings. The van der Waals surface area contributed by atoms with Gasteiger partial charge in [0.15, 0.2) is 0 Å². The Balaban J connectivity index is 2.16. The van der Waals surface area contributed by atoms with Crippen LogP contribution in [-0.2, 0) is 6.18 Å². The highest BCUT2D eigenvalue weighted by Gasteiger charge is 2.50. The van der Waals surface area contributed by atoms with Gasteiger partial charge >= 0.3 is 6.18 Å². The lowest BCUT2D eigenvalue weighted by Gasteiger charge is -2.10. The van der Waals surface area contributed by atoms with Crippen LogP contribution in [0.15, 0.2) is 24.3 Å². The second-order valence-electron chi connectivity index (χ2n) is 4.46. The summed E-state index contributed by atoms with van der Waals surface area (Å²) in [7, 11) is 0. The van der Waals surface area contributed by atoms with Gasteiger partial charge in [-0.05, 0) is 30.5 Å². The highest BCUT2D eigenvalue weighted by Crippen LogP contribution is 2.51.